The van der Waals surface area contributed by atoms with Crippen LogP contribution in [0.4, 0.5) is 5.82 Å². The second kappa shape index (κ2) is 13.3. The fraction of sp³-hybridized carbons (Fsp3) is 0.333. The highest BCUT2D eigenvalue weighted by Crippen LogP contribution is 2.48. The van der Waals surface area contributed by atoms with E-state index in [2.05, 4.69) is 15.2 Å². The van der Waals surface area contributed by atoms with Crippen molar-refractivity contribution in [2.45, 2.75) is 56.3 Å². The van der Waals surface area contributed by atoms with Gasteiger partial charge in [-0.05, 0) is 50.1 Å². The van der Waals surface area contributed by atoms with Crippen LogP contribution in [0.1, 0.15) is 31.2 Å². The fourth-order valence-corrected chi connectivity index (χ4v) is 6.42. The molecule has 3 heterocycles. The van der Waals surface area contributed by atoms with Crippen LogP contribution in [-0.4, -0.2) is 67.3 Å². The third kappa shape index (κ3) is 6.99. The van der Waals surface area contributed by atoms with E-state index in [4.69, 9.17) is 24.3 Å². The molecule has 2 aromatic heterocycles. The topological polar surface area (TPSA) is 204 Å². The zero-order valence-corrected chi connectivity index (χ0v) is 25.4. The van der Waals surface area contributed by atoms with Gasteiger partial charge in [-0.25, -0.2) is 14.1 Å². The number of nitrogen functional groups attached to an aromatic ring is 1. The van der Waals surface area contributed by atoms with Crippen LogP contribution in [-0.2, 0) is 29.8 Å². The summed E-state index contributed by atoms with van der Waals surface area (Å²) in [5.41, 5.74) is 5.15. The molecule has 0 bridgehead atoms. The predicted octanol–water partition coefficient (Wildman–Crippen LogP) is 2.72. The van der Waals surface area contributed by atoms with Crippen LogP contribution in [0.15, 0.2) is 79.1 Å². The molecule has 0 aliphatic carbocycles. The molecule has 0 spiro atoms. The van der Waals surface area contributed by atoms with E-state index in [0.717, 1.165) is 5.56 Å². The number of nitrogens with two attached hydrogens (primary N) is 1. The summed E-state index contributed by atoms with van der Waals surface area (Å²) >= 11 is 0. The van der Waals surface area contributed by atoms with Crippen molar-refractivity contribution >= 4 is 25.1 Å². The van der Waals surface area contributed by atoms with E-state index in [1.165, 1.54) is 23.0 Å². The molecule has 1 unspecified atom stereocenters. The van der Waals surface area contributed by atoms with Gasteiger partial charge in [0.25, 0.3) is 0 Å². The number of benzene rings is 2. The summed E-state index contributed by atoms with van der Waals surface area (Å²) in [5, 5.41) is 39.1. The third-order valence-corrected chi connectivity index (χ3v) is 8.64. The Balaban J connectivity index is 1.44. The van der Waals surface area contributed by atoms with Gasteiger partial charge in [0, 0.05) is 0 Å². The molecule has 236 valence electrons. The molecule has 6 atom stereocenters. The number of rotatable bonds is 12. The molecule has 5 rings (SSSR count). The quantitative estimate of drug-likeness (QED) is 0.131. The van der Waals surface area contributed by atoms with Crippen molar-refractivity contribution in [1.29, 1.82) is 5.26 Å². The molecule has 15 heteroatoms. The molecule has 2 aromatic carbocycles. The summed E-state index contributed by atoms with van der Waals surface area (Å²) in [4.78, 5) is 17.1. The number of para-hydroxylation sites is 1. The lowest BCUT2D eigenvalue weighted by atomic mass is 9.96. The molecule has 0 radical (unpaired) electrons. The van der Waals surface area contributed by atoms with Crippen LogP contribution in [0.25, 0.3) is 5.52 Å². The Hall–Kier alpha value is -4.35. The highest BCUT2D eigenvalue weighted by Gasteiger charge is 2.57. The number of nitrogens with one attached hydrogen (secondary N) is 1. The van der Waals surface area contributed by atoms with Gasteiger partial charge in [-0.15, -0.1) is 0 Å². The smallest absolute Gasteiger partial charge is 0.459 e. The Morgan fingerprint density at radius 1 is 1.16 bits per heavy atom. The number of hydrogen-bond donors (Lipinski definition) is 4. The second-order valence-electron chi connectivity index (χ2n) is 10.7. The standard InChI is InChI=1S/C30H33N6O8P/c1-19(2)42-29(39)22(15-20-9-5-3-6-10-20)35-45(40,44-21-11-7-4-8-12-21)41-17-30(16-31)27(38)25(37)26(43-30)23-13-14-24-28(32)33-18-34-36(23)24/h3-14,18-19,22,25-27,37-38H,15,17H2,1-2H3,(H,35,40)(H2,32,33,34)/t22-,25-,26-,27-,30+,45?/m0/s1. The van der Waals surface area contributed by atoms with Crippen molar-refractivity contribution in [2.24, 2.45) is 0 Å². The van der Waals surface area contributed by atoms with Gasteiger partial charge in [0.15, 0.2) is 5.82 Å². The lowest BCUT2D eigenvalue weighted by Gasteiger charge is -2.29. The van der Waals surface area contributed by atoms with Crippen LogP contribution in [0.5, 0.6) is 5.75 Å². The molecule has 1 saturated heterocycles. The van der Waals surface area contributed by atoms with Crippen LogP contribution >= 0.6 is 7.75 Å². The van der Waals surface area contributed by atoms with Crippen molar-refractivity contribution in [1.82, 2.24) is 19.7 Å². The number of esters is 1. The maximum Gasteiger partial charge on any atom is 0.459 e. The first-order chi connectivity index (χ1) is 21.5. The summed E-state index contributed by atoms with van der Waals surface area (Å²) in [5.74, 6) is -0.401. The zero-order chi connectivity index (χ0) is 32.2. The number of carbonyl (C=O) groups excluding carboxylic acids is 1. The van der Waals surface area contributed by atoms with E-state index in [1.807, 2.05) is 12.1 Å². The van der Waals surface area contributed by atoms with E-state index in [1.54, 1.807) is 68.4 Å². The lowest BCUT2D eigenvalue weighted by Crippen LogP contribution is -2.47. The average molecular weight is 637 g/mol. The first-order valence-electron chi connectivity index (χ1n) is 14.1. The third-order valence-electron chi connectivity index (χ3n) is 7.09. The number of aliphatic hydroxyl groups excluding tert-OH is 2. The van der Waals surface area contributed by atoms with Gasteiger partial charge in [0.05, 0.1) is 11.8 Å². The van der Waals surface area contributed by atoms with E-state index >= 15 is 0 Å². The first kappa shape index (κ1) is 32.1. The number of fused-ring (bicyclic) bond motifs is 1. The zero-order valence-electron chi connectivity index (χ0n) is 24.5. The van der Waals surface area contributed by atoms with Crippen molar-refractivity contribution < 1.29 is 38.1 Å². The fourth-order valence-electron chi connectivity index (χ4n) is 4.90. The molecule has 45 heavy (non-hydrogen) atoms. The van der Waals surface area contributed by atoms with E-state index in [0.29, 0.717) is 5.52 Å². The maximum atomic E-state index is 14.4. The minimum absolute atomic E-state index is 0.0630. The molecule has 14 nitrogen and oxygen atoms in total. The van der Waals surface area contributed by atoms with Crippen molar-refractivity contribution in [3.05, 3.63) is 90.4 Å². The van der Waals surface area contributed by atoms with Gasteiger partial charge in [-0.3, -0.25) is 9.32 Å². The number of anilines is 1. The van der Waals surface area contributed by atoms with Crippen LogP contribution in [0.3, 0.4) is 0 Å². The molecular formula is C30H33N6O8P. The Morgan fingerprint density at radius 3 is 2.51 bits per heavy atom. The normalized spacial score (nSPS) is 23.3. The molecule has 1 aliphatic heterocycles. The van der Waals surface area contributed by atoms with Crippen molar-refractivity contribution in [3.8, 4) is 11.8 Å². The molecule has 4 aromatic rings. The largest absolute Gasteiger partial charge is 0.462 e. The van der Waals surface area contributed by atoms with E-state index in [9.17, 15) is 24.8 Å². The molecule has 1 aliphatic rings. The van der Waals surface area contributed by atoms with Gasteiger partial charge in [0.2, 0.25) is 5.60 Å². The number of nitriles is 1. The number of aliphatic hydroxyl groups is 2. The van der Waals surface area contributed by atoms with Crippen molar-refractivity contribution in [3.63, 3.8) is 0 Å². The van der Waals surface area contributed by atoms with Gasteiger partial charge in [-0.2, -0.15) is 15.4 Å². The Labute approximate surface area is 258 Å². The molecular weight excluding hydrogens is 603 g/mol. The summed E-state index contributed by atoms with van der Waals surface area (Å²) in [7, 11) is -4.53. The summed E-state index contributed by atoms with van der Waals surface area (Å²) in [6, 6.07) is 20.9. The number of carbonyl (C=O) groups is 1. The summed E-state index contributed by atoms with van der Waals surface area (Å²) < 4.78 is 38.7. The Bertz CT molecular complexity index is 1720. The van der Waals surface area contributed by atoms with Crippen LogP contribution in [0.2, 0.25) is 0 Å². The van der Waals surface area contributed by atoms with E-state index in [-0.39, 0.29) is 23.7 Å². The van der Waals surface area contributed by atoms with Crippen LogP contribution in [0, 0.1) is 11.3 Å². The monoisotopic (exact) mass is 636 g/mol. The minimum atomic E-state index is -4.53. The van der Waals surface area contributed by atoms with Gasteiger partial charge in [-0.1, -0.05) is 48.5 Å². The predicted molar refractivity (Wildman–Crippen MR) is 161 cm³/mol. The summed E-state index contributed by atoms with van der Waals surface area (Å²) in [6.45, 7) is 2.53. The van der Waals surface area contributed by atoms with Crippen LogP contribution < -0.4 is 15.3 Å². The molecule has 5 N–H and O–H groups in total. The Kier molecular flexibility index (Phi) is 9.50. The average Bonchev–Trinajstić information content (AvgIpc) is 3.56. The Morgan fingerprint density at radius 2 is 1.84 bits per heavy atom. The number of nitrogens with zero attached hydrogens (tertiary/aromatic N) is 4. The lowest BCUT2D eigenvalue weighted by molar-refractivity contribution is -0.149. The van der Waals surface area contributed by atoms with Gasteiger partial charge < -0.3 is 29.9 Å². The first-order valence-corrected chi connectivity index (χ1v) is 15.6. The molecule has 0 saturated carbocycles. The minimum Gasteiger partial charge on any atom is -0.462 e. The highest BCUT2D eigenvalue weighted by atomic mass is 31.2. The SMILES string of the molecule is CC(C)OC(=O)[C@H](Cc1ccccc1)NP(=O)(OC[C@@]1(C#N)O[C@@H](c2ccc3c(N)ncnn23)[C@H](O)[C@@H]1O)Oc1ccccc1. The molecule has 0 amide bonds. The molecule has 1 fully saturated rings. The number of hydrogen-bond acceptors (Lipinski definition) is 12. The number of aromatic nitrogens is 3. The van der Waals surface area contributed by atoms with E-state index < -0.39 is 56.4 Å². The van der Waals surface area contributed by atoms with Gasteiger partial charge >= 0.3 is 13.7 Å². The second-order valence-corrected chi connectivity index (χ2v) is 12.4. The highest BCUT2D eigenvalue weighted by molar-refractivity contribution is 7.52. The van der Waals surface area contributed by atoms with Gasteiger partial charge in [0.1, 0.15) is 54.6 Å². The maximum absolute atomic E-state index is 14.4. The van der Waals surface area contributed by atoms with Crippen molar-refractivity contribution in [2.75, 3.05) is 12.3 Å². The summed E-state index contributed by atoms with van der Waals surface area (Å²) in [6.07, 6.45) is -3.88. The number of ether oxygens (including phenoxy) is 2.